The van der Waals surface area contributed by atoms with E-state index in [1.54, 1.807) is 23.5 Å². The maximum atomic E-state index is 9.54. The Morgan fingerprint density at radius 2 is 1.39 bits per heavy atom. The predicted molar refractivity (Wildman–Crippen MR) is 80.5 cm³/mol. The molecule has 1 aromatic carbocycles. The van der Waals surface area contributed by atoms with Crippen LogP contribution in [-0.4, -0.2) is 33.9 Å². The van der Waals surface area contributed by atoms with Crippen LogP contribution in [0, 0.1) is 0 Å². The molecule has 0 amide bonds. The summed E-state index contributed by atoms with van der Waals surface area (Å²) >= 11 is 3.36. The number of benzene rings is 1. The number of thioether (sulfide) groups is 2. The zero-order valence-corrected chi connectivity index (χ0v) is 12.6. The summed E-state index contributed by atoms with van der Waals surface area (Å²) in [4.78, 5) is 2.36. The number of aliphatic hydroxyl groups excluding tert-OH is 2. The molecule has 0 saturated heterocycles. The fraction of sp³-hybridized carbons (Fsp3) is 0.571. The molecule has 0 bridgehead atoms. The molecule has 4 heteroatoms. The van der Waals surface area contributed by atoms with Gasteiger partial charge in [-0.25, -0.2) is 0 Å². The van der Waals surface area contributed by atoms with Gasteiger partial charge in [-0.1, -0.05) is 19.9 Å². The van der Waals surface area contributed by atoms with Gasteiger partial charge < -0.3 is 10.2 Å². The lowest BCUT2D eigenvalue weighted by atomic mass is 10.3. The lowest BCUT2D eigenvalue weighted by Gasteiger charge is -2.09. The molecule has 1 rings (SSSR count). The van der Waals surface area contributed by atoms with Gasteiger partial charge in [-0.3, -0.25) is 0 Å². The Morgan fingerprint density at radius 1 is 0.944 bits per heavy atom. The molecule has 1 aromatic rings. The number of hydrogen-bond acceptors (Lipinski definition) is 4. The number of rotatable bonds is 8. The van der Waals surface area contributed by atoms with Crippen LogP contribution in [-0.2, 0) is 0 Å². The fourth-order valence-corrected chi connectivity index (χ4v) is 3.36. The van der Waals surface area contributed by atoms with Crippen molar-refractivity contribution in [3.63, 3.8) is 0 Å². The highest BCUT2D eigenvalue weighted by Gasteiger charge is 2.05. The second-order valence-corrected chi connectivity index (χ2v) is 6.41. The summed E-state index contributed by atoms with van der Waals surface area (Å²) in [5.41, 5.74) is 0. The third-order valence-electron chi connectivity index (χ3n) is 2.63. The highest BCUT2D eigenvalue weighted by molar-refractivity contribution is 8.00. The molecule has 2 atom stereocenters. The van der Waals surface area contributed by atoms with Crippen molar-refractivity contribution < 1.29 is 10.2 Å². The van der Waals surface area contributed by atoms with E-state index in [0.29, 0.717) is 0 Å². The summed E-state index contributed by atoms with van der Waals surface area (Å²) in [6.45, 7) is 3.98. The van der Waals surface area contributed by atoms with Crippen LogP contribution in [0.25, 0.3) is 0 Å². The van der Waals surface area contributed by atoms with Crippen molar-refractivity contribution in [1.29, 1.82) is 0 Å². The van der Waals surface area contributed by atoms with E-state index in [1.807, 2.05) is 19.9 Å². The molecule has 102 valence electrons. The van der Waals surface area contributed by atoms with Crippen molar-refractivity contribution >= 4 is 23.5 Å². The summed E-state index contributed by atoms with van der Waals surface area (Å²) in [6.07, 6.45) is 1.13. The Hall–Kier alpha value is -0.160. The topological polar surface area (TPSA) is 40.5 Å². The lowest BCUT2D eigenvalue weighted by Crippen LogP contribution is -2.07. The van der Waals surface area contributed by atoms with E-state index < -0.39 is 0 Å². The second-order valence-electron chi connectivity index (χ2n) is 4.22. The standard InChI is InChI=1S/C14H22O2S2/c1-3-11(15)9-17-13-6-5-7-14(8-13)18-10-12(16)4-2/h5-8,11-12,15-16H,3-4,9-10H2,1-2H3. The van der Waals surface area contributed by atoms with Crippen LogP contribution in [0.3, 0.4) is 0 Å². The van der Waals surface area contributed by atoms with Gasteiger partial charge in [0.15, 0.2) is 0 Å². The van der Waals surface area contributed by atoms with Gasteiger partial charge in [-0.15, -0.1) is 23.5 Å². The Balaban J connectivity index is 2.46. The molecule has 2 nitrogen and oxygen atoms in total. The number of hydrogen-bond donors (Lipinski definition) is 2. The van der Waals surface area contributed by atoms with Gasteiger partial charge >= 0.3 is 0 Å². The summed E-state index contributed by atoms with van der Waals surface area (Å²) < 4.78 is 0. The highest BCUT2D eigenvalue weighted by atomic mass is 32.2. The van der Waals surface area contributed by atoms with Crippen molar-refractivity contribution in [2.45, 2.75) is 48.7 Å². The first-order chi connectivity index (χ1) is 8.65. The molecule has 0 spiro atoms. The van der Waals surface area contributed by atoms with Crippen LogP contribution in [0.2, 0.25) is 0 Å². The molecular formula is C14H22O2S2. The van der Waals surface area contributed by atoms with Gasteiger partial charge in [0.1, 0.15) is 0 Å². The molecule has 2 N–H and O–H groups in total. The third-order valence-corrected chi connectivity index (χ3v) is 4.91. The average Bonchev–Trinajstić information content (AvgIpc) is 2.42. The number of aliphatic hydroxyl groups is 2. The summed E-state index contributed by atoms with van der Waals surface area (Å²) in [5.74, 6) is 1.48. The zero-order valence-electron chi connectivity index (χ0n) is 11.0. The molecule has 0 saturated carbocycles. The molecule has 0 aromatic heterocycles. The third kappa shape index (κ3) is 6.14. The molecule has 18 heavy (non-hydrogen) atoms. The smallest absolute Gasteiger partial charge is 0.0631 e. The van der Waals surface area contributed by atoms with Gasteiger partial charge in [0.25, 0.3) is 0 Å². The van der Waals surface area contributed by atoms with E-state index >= 15 is 0 Å². The van der Waals surface area contributed by atoms with Crippen molar-refractivity contribution in [2.24, 2.45) is 0 Å². The predicted octanol–water partition coefficient (Wildman–Crippen LogP) is 3.41. The fourth-order valence-electron chi connectivity index (χ4n) is 1.27. The van der Waals surface area contributed by atoms with E-state index in [2.05, 4.69) is 18.2 Å². The van der Waals surface area contributed by atoms with Gasteiger partial charge in [0.05, 0.1) is 12.2 Å². The molecule has 0 aliphatic heterocycles. The Labute approximate surface area is 118 Å². The van der Waals surface area contributed by atoms with Crippen LogP contribution in [0.15, 0.2) is 34.1 Å². The average molecular weight is 286 g/mol. The first-order valence-corrected chi connectivity index (χ1v) is 8.34. The second kappa shape index (κ2) is 8.86. The Kier molecular flexibility index (Phi) is 7.82. The molecular weight excluding hydrogens is 264 g/mol. The minimum Gasteiger partial charge on any atom is -0.392 e. The molecule has 0 aliphatic carbocycles. The normalized spacial score (nSPS) is 14.4. The van der Waals surface area contributed by atoms with Crippen molar-refractivity contribution in [3.05, 3.63) is 24.3 Å². The van der Waals surface area contributed by atoms with Crippen LogP contribution in [0.1, 0.15) is 26.7 Å². The summed E-state index contributed by atoms with van der Waals surface area (Å²) in [6, 6.07) is 8.28. The summed E-state index contributed by atoms with van der Waals surface area (Å²) in [5, 5.41) is 19.1. The van der Waals surface area contributed by atoms with Crippen LogP contribution >= 0.6 is 23.5 Å². The van der Waals surface area contributed by atoms with Crippen LogP contribution in [0.5, 0.6) is 0 Å². The minimum absolute atomic E-state index is 0.228. The SMILES string of the molecule is CCC(O)CSc1cccc(SCC(O)CC)c1. The minimum atomic E-state index is -0.228. The molecule has 0 heterocycles. The lowest BCUT2D eigenvalue weighted by molar-refractivity contribution is 0.195. The van der Waals surface area contributed by atoms with E-state index in [9.17, 15) is 10.2 Å². The monoisotopic (exact) mass is 286 g/mol. The first-order valence-electron chi connectivity index (χ1n) is 6.37. The summed E-state index contributed by atoms with van der Waals surface area (Å²) in [7, 11) is 0. The van der Waals surface area contributed by atoms with Gasteiger partial charge in [-0.05, 0) is 31.0 Å². The van der Waals surface area contributed by atoms with Crippen LogP contribution < -0.4 is 0 Å². The van der Waals surface area contributed by atoms with Gasteiger partial charge in [-0.2, -0.15) is 0 Å². The quantitative estimate of drug-likeness (QED) is 0.719. The van der Waals surface area contributed by atoms with Crippen molar-refractivity contribution in [2.75, 3.05) is 11.5 Å². The molecule has 0 aliphatic rings. The first kappa shape index (κ1) is 15.9. The largest absolute Gasteiger partial charge is 0.392 e. The maximum absolute atomic E-state index is 9.54. The zero-order chi connectivity index (χ0) is 13.4. The van der Waals surface area contributed by atoms with E-state index in [0.717, 1.165) is 24.3 Å². The van der Waals surface area contributed by atoms with E-state index in [-0.39, 0.29) is 12.2 Å². The Morgan fingerprint density at radius 3 is 1.78 bits per heavy atom. The van der Waals surface area contributed by atoms with Gasteiger partial charge in [0, 0.05) is 21.3 Å². The van der Waals surface area contributed by atoms with Crippen molar-refractivity contribution in [3.8, 4) is 0 Å². The van der Waals surface area contributed by atoms with Crippen LogP contribution in [0.4, 0.5) is 0 Å². The maximum Gasteiger partial charge on any atom is 0.0631 e. The molecule has 0 radical (unpaired) electrons. The van der Waals surface area contributed by atoms with E-state index in [4.69, 9.17) is 0 Å². The molecule has 2 unspecified atom stereocenters. The molecule has 0 fully saturated rings. The Bertz CT molecular complexity index is 315. The van der Waals surface area contributed by atoms with E-state index in [1.165, 1.54) is 9.79 Å². The highest BCUT2D eigenvalue weighted by Crippen LogP contribution is 2.26. The van der Waals surface area contributed by atoms with Crippen molar-refractivity contribution in [1.82, 2.24) is 0 Å². The van der Waals surface area contributed by atoms with Gasteiger partial charge in [0.2, 0.25) is 0 Å².